The summed E-state index contributed by atoms with van der Waals surface area (Å²) in [6, 6.07) is 0.403. The zero-order valence-electron chi connectivity index (χ0n) is 15.0. The Morgan fingerprint density at radius 3 is 1.86 bits per heavy atom. The molecule has 0 aromatic rings. The number of hydrogen-bond donors (Lipinski definition) is 2. The van der Waals surface area contributed by atoms with Crippen molar-refractivity contribution >= 4 is 5.91 Å². The molecule has 1 atom stereocenters. The Bertz CT molecular complexity index is 244. The predicted octanol–water partition coefficient (Wildman–Crippen LogP) is 4.27. The Labute approximate surface area is 132 Å². The fourth-order valence-electron chi connectivity index (χ4n) is 2.48. The molecule has 21 heavy (non-hydrogen) atoms. The second-order valence-corrected chi connectivity index (χ2v) is 6.72. The maximum absolute atomic E-state index is 12.1. The quantitative estimate of drug-likeness (QED) is 0.499. The second kappa shape index (κ2) is 13.1. The van der Waals surface area contributed by atoms with Gasteiger partial charge in [0.15, 0.2) is 0 Å². The van der Waals surface area contributed by atoms with Gasteiger partial charge in [-0.2, -0.15) is 0 Å². The van der Waals surface area contributed by atoms with Gasteiger partial charge in [0.25, 0.3) is 0 Å². The molecule has 0 rings (SSSR count). The lowest BCUT2D eigenvalue weighted by molar-refractivity contribution is -0.123. The molecule has 0 spiro atoms. The molecule has 1 amide bonds. The van der Waals surface area contributed by atoms with Crippen LogP contribution in [-0.2, 0) is 4.79 Å². The Morgan fingerprint density at radius 1 is 0.905 bits per heavy atom. The van der Waals surface area contributed by atoms with Gasteiger partial charge in [0.05, 0.1) is 6.04 Å². The highest BCUT2D eigenvalue weighted by molar-refractivity contribution is 5.81. The molecule has 0 radical (unpaired) electrons. The van der Waals surface area contributed by atoms with Gasteiger partial charge in [-0.05, 0) is 25.7 Å². The molecule has 3 nitrogen and oxygen atoms in total. The van der Waals surface area contributed by atoms with E-state index >= 15 is 0 Å². The standard InChI is InChI=1S/C18H38N2O/c1-6-8-10-12-17(13-11-9-7-2)20-16(5)18(21)19-14-15(3)4/h15-17,20H,6-14H2,1-5H3,(H,19,21). The summed E-state index contributed by atoms with van der Waals surface area (Å²) in [6.07, 6.45) is 10.0. The number of hydrogen-bond acceptors (Lipinski definition) is 2. The van der Waals surface area contributed by atoms with Crippen LogP contribution in [0.5, 0.6) is 0 Å². The normalized spacial score (nSPS) is 12.9. The zero-order chi connectivity index (χ0) is 16.1. The van der Waals surface area contributed by atoms with E-state index in [4.69, 9.17) is 0 Å². The summed E-state index contributed by atoms with van der Waals surface area (Å²) in [4.78, 5) is 12.1. The Morgan fingerprint density at radius 2 is 1.43 bits per heavy atom. The van der Waals surface area contributed by atoms with Crippen LogP contribution in [0.25, 0.3) is 0 Å². The highest BCUT2D eigenvalue weighted by Crippen LogP contribution is 2.11. The van der Waals surface area contributed by atoms with Crippen molar-refractivity contribution in [3.8, 4) is 0 Å². The molecule has 2 N–H and O–H groups in total. The Balaban J connectivity index is 4.17. The summed E-state index contributed by atoms with van der Waals surface area (Å²) in [5.74, 6) is 0.644. The van der Waals surface area contributed by atoms with E-state index in [1.165, 1.54) is 51.4 Å². The molecular formula is C18H38N2O. The summed E-state index contributed by atoms with van der Waals surface area (Å²) < 4.78 is 0. The zero-order valence-corrected chi connectivity index (χ0v) is 15.0. The Kier molecular flexibility index (Phi) is 12.8. The van der Waals surface area contributed by atoms with E-state index in [9.17, 15) is 4.79 Å². The molecule has 0 aromatic carbocycles. The molecule has 0 heterocycles. The van der Waals surface area contributed by atoms with Gasteiger partial charge in [-0.3, -0.25) is 4.79 Å². The average Bonchev–Trinajstić information content (AvgIpc) is 2.44. The van der Waals surface area contributed by atoms with E-state index in [0.717, 1.165) is 6.54 Å². The molecule has 1 unspecified atom stereocenters. The van der Waals surface area contributed by atoms with E-state index < -0.39 is 0 Å². The average molecular weight is 299 g/mol. The van der Waals surface area contributed by atoms with Crippen molar-refractivity contribution in [3.05, 3.63) is 0 Å². The minimum absolute atomic E-state index is 0.0861. The first kappa shape index (κ1) is 20.4. The van der Waals surface area contributed by atoms with Gasteiger partial charge in [-0.15, -0.1) is 0 Å². The number of unbranched alkanes of at least 4 members (excludes halogenated alkanes) is 4. The topological polar surface area (TPSA) is 41.1 Å². The molecule has 0 saturated heterocycles. The van der Waals surface area contributed by atoms with Crippen LogP contribution in [0.2, 0.25) is 0 Å². The van der Waals surface area contributed by atoms with Crippen LogP contribution in [0.15, 0.2) is 0 Å². The molecular weight excluding hydrogens is 260 g/mol. The third-order valence-corrected chi connectivity index (χ3v) is 3.88. The van der Waals surface area contributed by atoms with Crippen LogP contribution in [0.4, 0.5) is 0 Å². The number of nitrogens with one attached hydrogen (secondary N) is 2. The van der Waals surface area contributed by atoms with E-state index in [0.29, 0.717) is 12.0 Å². The molecule has 0 saturated carbocycles. The largest absolute Gasteiger partial charge is 0.354 e. The highest BCUT2D eigenvalue weighted by Gasteiger charge is 2.17. The van der Waals surface area contributed by atoms with Gasteiger partial charge in [-0.1, -0.05) is 66.2 Å². The third kappa shape index (κ3) is 11.7. The first-order chi connectivity index (χ1) is 10.0. The van der Waals surface area contributed by atoms with E-state index in [2.05, 4.69) is 38.3 Å². The summed E-state index contributed by atoms with van der Waals surface area (Å²) in [5, 5.41) is 6.57. The maximum Gasteiger partial charge on any atom is 0.236 e. The Hall–Kier alpha value is -0.570. The number of carbonyl (C=O) groups is 1. The monoisotopic (exact) mass is 298 g/mol. The summed E-state index contributed by atoms with van der Waals surface area (Å²) >= 11 is 0. The summed E-state index contributed by atoms with van der Waals surface area (Å²) in [6.45, 7) is 11.5. The lowest BCUT2D eigenvalue weighted by atomic mass is 10.0. The molecule has 126 valence electrons. The van der Waals surface area contributed by atoms with Crippen molar-refractivity contribution in [3.63, 3.8) is 0 Å². The van der Waals surface area contributed by atoms with E-state index in [-0.39, 0.29) is 11.9 Å². The number of carbonyl (C=O) groups excluding carboxylic acids is 1. The lowest BCUT2D eigenvalue weighted by Gasteiger charge is -2.23. The molecule has 0 aliphatic heterocycles. The van der Waals surface area contributed by atoms with Crippen molar-refractivity contribution in [1.82, 2.24) is 10.6 Å². The predicted molar refractivity (Wildman–Crippen MR) is 92.5 cm³/mol. The van der Waals surface area contributed by atoms with Crippen LogP contribution in [-0.4, -0.2) is 24.5 Å². The lowest BCUT2D eigenvalue weighted by Crippen LogP contribution is -2.47. The van der Waals surface area contributed by atoms with Crippen molar-refractivity contribution < 1.29 is 4.79 Å². The smallest absolute Gasteiger partial charge is 0.236 e. The molecule has 3 heteroatoms. The summed E-state index contributed by atoms with van der Waals surface area (Å²) in [5.41, 5.74) is 0. The van der Waals surface area contributed by atoms with Crippen molar-refractivity contribution in [2.45, 2.75) is 98.1 Å². The SMILES string of the molecule is CCCCCC(CCCCC)NC(C)C(=O)NCC(C)C. The first-order valence-electron chi connectivity index (χ1n) is 9.04. The molecule has 0 aliphatic rings. The van der Waals surface area contributed by atoms with E-state index in [1.54, 1.807) is 0 Å². The van der Waals surface area contributed by atoms with Crippen LogP contribution in [0, 0.1) is 5.92 Å². The van der Waals surface area contributed by atoms with Crippen LogP contribution in [0.1, 0.15) is 86.0 Å². The van der Waals surface area contributed by atoms with Gasteiger partial charge < -0.3 is 10.6 Å². The van der Waals surface area contributed by atoms with Gasteiger partial charge >= 0.3 is 0 Å². The maximum atomic E-state index is 12.1. The van der Waals surface area contributed by atoms with Gasteiger partial charge in [0.1, 0.15) is 0 Å². The van der Waals surface area contributed by atoms with Crippen LogP contribution >= 0.6 is 0 Å². The number of amides is 1. The molecule has 0 aliphatic carbocycles. The van der Waals surface area contributed by atoms with E-state index in [1.807, 2.05) is 6.92 Å². The fraction of sp³-hybridized carbons (Fsp3) is 0.944. The minimum atomic E-state index is -0.0861. The molecule has 0 fully saturated rings. The highest BCUT2D eigenvalue weighted by atomic mass is 16.2. The summed E-state index contributed by atoms with van der Waals surface area (Å²) in [7, 11) is 0. The molecule has 0 bridgehead atoms. The van der Waals surface area contributed by atoms with Crippen molar-refractivity contribution in [2.24, 2.45) is 5.92 Å². The molecule has 0 aromatic heterocycles. The third-order valence-electron chi connectivity index (χ3n) is 3.88. The van der Waals surface area contributed by atoms with Crippen molar-refractivity contribution in [2.75, 3.05) is 6.54 Å². The van der Waals surface area contributed by atoms with Gasteiger partial charge in [-0.25, -0.2) is 0 Å². The van der Waals surface area contributed by atoms with Crippen LogP contribution in [0.3, 0.4) is 0 Å². The number of rotatable bonds is 13. The second-order valence-electron chi connectivity index (χ2n) is 6.72. The van der Waals surface area contributed by atoms with Gasteiger partial charge in [0.2, 0.25) is 5.91 Å². The van der Waals surface area contributed by atoms with Gasteiger partial charge in [0, 0.05) is 12.6 Å². The van der Waals surface area contributed by atoms with Crippen molar-refractivity contribution in [1.29, 1.82) is 0 Å². The minimum Gasteiger partial charge on any atom is -0.354 e. The fourth-order valence-corrected chi connectivity index (χ4v) is 2.48. The first-order valence-corrected chi connectivity index (χ1v) is 9.04. The van der Waals surface area contributed by atoms with Crippen LogP contribution < -0.4 is 10.6 Å².